The molecule has 0 aromatic heterocycles. The van der Waals surface area contributed by atoms with Gasteiger partial charge < -0.3 is 15.0 Å². The highest BCUT2D eigenvalue weighted by Crippen LogP contribution is 2.27. The lowest BCUT2D eigenvalue weighted by atomic mass is 9.82. The summed E-state index contributed by atoms with van der Waals surface area (Å²) in [5.74, 6) is 0.213. The third kappa shape index (κ3) is 5.05. The molecule has 6 nitrogen and oxygen atoms in total. The molecule has 2 aromatic carbocycles. The van der Waals surface area contributed by atoms with E-state index in [0.29, 0.717) is 18.7 Å². The molecule has 7 heteroatoms. The Morgan fingerprint density at radius 1 is 1.10 bits per heavy atom. The van der Waals surface area contributed by atoms with Gasteiger partial charge in [-0.25, -0.2) is 4.39 Å². The maximum Gasteiger partial charge on any atom is 0.254 e. The quantitative estimate of drug-likeness (QED) is 0.746. The van der Waals surface area contributed by atoms with Crippen molar-refractivity contribution >= 4 is 11.8 Å². The van der Waals surface area contributed by atoms with Crippen LogP contribution in [0.3, 0.4) is 0 Å². The number of rotatable bonds is 6. The molecule has 2 fully saturated rings. The van der Waals surface area contributed by atoms with Crippen molar-refractivity contribution in [1.29, 1.82) is 0 Å². The zero-order chi connectivity index (χ0) is 21.8. The minimum Gasteiger partial charge on any atom is -0.497 e. The molecule has 2 aliphatic rings. The molecule has 1 saturated heterocycles. The number of ether oxygens (including phenoxy) is 1. The lowest BCUT2D eigenvalue weighted by Gasteiger charge is -2.41. The molecule has 1 aliphatic carbocycles. The van der Waals surface area contributed by atoms with Gasteiger partial charge in [-0.3, -0.25) is 14.9 Å². The summed E-state index contributed by atoms with van der Waals surface area (Å²) in [4.78, 5) is 27.6. The number of halogens is 1. The van der Waals surface area contributed by atoms with Crippen molar-refractivity contribution in [2.75, 3.05) is 13.7 Å². The summed E-state index contributed by atoms with van der Waals surface area (Å²) in [7, 11) is 1.61. The average molecular weight is 426 g/mol. The maximum atomic E-state index is 13.3. The first-order valence-electron chi connectivity index (χ1n) is 10.8. The van der Waals surface area contributed by atoms with Crippen molar-refractivity contribution in [2.24, 2.45) is 5.92 Å². The summed E-state index contributed by atoms with van der Waals surface area (Å²) in [6.45, 7) is 0.680. The van der Waals surface area contributed by atoms with Gasteiger partial charge in [-0.05, 0) is 54.8 Å². The molecule has 164 valence electrons. The van der Waals surface area contributed by atoms with Gasteiger partial charge in [-0.2, -0.15) is 0 Å². The van der Waals surface area contributed by atoms with Crippen LogP contribution in [0, 0.1) is 11.7 Å². The van der Waals surface area contributed by atoms with Gasteiger partial charge in [0.05, 0.1) is 25.7 Å². The summed E-state index contributed by atoms with van der Waals surface area (Å²) in [5.41, 5.74) is 1.35. The van der Waals surface area contributed by atoms with Crippen LogP contribution in [0.5, 0.6) is 5.75 Å². The van der Waals surface area contributed by atoms with Crippen molar-refractivity contribution in [2.45, 2.75) is 44.4 Å². The van der Waals surface area contributed by atoms with Crippen molar-refractivity contribution in [3.63, 3.8) is 0 Å². The van der Waals surface area contributed by atoms with E-state index in [2.05, 4.69) is 10.6 Å². The molecule has 2 amide bonds. The molecule has 3 atom stereocenters. The molecule has 2 aromatic rings. The summed E-state index contributed by atoms with van der Waals surface area (Å²) >= 11 is 0. The van der Waals surface area contributed by atoms with Crippen LogP contribution in [0.15, 0.2) is 48.5 Å². The SMILES string of the molecule is COc1ccc(CN(CC2NC(=O)C3CCCCC3N2)C(=O)c2ccc(F)cc2)cc1. The van der Waals surface area contributed by atoms with Crippen molar-refractivity contribution in [3.8, 4) is 5.75 Å². The number of nitrogens with zero attached hydrogens (tertiary/aromatic N) is 1. The Bertz CT molecular complexity index is 917. The highest BCUT2D eigenvalue weighted by atomic mass is 19.1. The molecule has 0 radical (unpaired) electrons. The number of amides is 2. The number of benzene rings is 2. The largest absolute Gasteiger partial charge is 0.497 e. The maximum absolute atomic E-state index is 13.3. The molecule has 1 aliphatic heterocycles. The molecular formula is C24H28FN3O3. The first-order valence-corrected chi connectivity index (χ1v) is 10.8. The van der Waals surface area contributed by atoms with Gasteiger partial charge in [0, 0.05) is 18.2 Å². The topological polar surface area (TPSA) is 70.7 Å². The summed E-state index contributed by atoms with van der Waals surface area (Å²) in [5, 5.41) is 6.57. The molecule has 0 bridgehead atoms. The van der Waals surface area contributed by atoms with Gasteiger partial charge in [-0.1, -0.05) is 25.0 Å². The van der Waals surface area contributed by atoms with Crippen LogP contribution >= 0.6 is 0 Å². The van der Waals surface area contributed by atoms with Crippen molar-refractivity contribution in [1.82, 2.24) is 15.5 Å². The molecule has 2 N–H and O–H groups in total. The van der Waals surface area contributed by atoms with Crippen LogP contribution in [0.2, 0.25) is 0 Å². The van der Waals surface area contributed by atoms with Crippen LogP contribution in [0.25, 0.3) is 0 Å². The standard InChI is InChI=1S/C24H28FN3O3/c1-31-19-12-6-16(7-13-19)14-28(24(30)17-8-10-18(25)11-9-17)15-22-26-21-5-3-2-4-20(21)23(29)27-22/h6-13,20-22,26H,2-5,14-15H2,1H3,(H,27,29). The number of methoxy groups -OCH3 is 1. The second-order valence-corrected chi connectivity index (χ2v) is 8.27. The molecule has 1 saturated carbocycles. The number of nitrogens with one attached hydrogen (secondary N) is 2. The predicted molar refractivity (Wildman–Crippen MR) is 115 cm³/mol. The van der Waals surface area contributed by atoms with E-state index >= 15 is 0 Å². The fourth-order valence-electron chi connectivity index (χ4n) is 4.49. The molecule has 31 heavy (non-hydrogen) atoms. The third-order valence-corrected chi connectivity index (χ3v) is 6.15. The highest BCUT2D eigenvalue weighted by Gasteiger charge is 2.38. The number of hydrogen-bond donors (Lipinski definition) is 2. The number of carbonyl (C=O) groups excluding carboxylic acids is 2. The highest BCUT2D eigenvalue weighted by molar-refractivity contribution is 5.94. The van der Waals surface area contributed by atoms with Crippen LogP contribution in [0.1, 0.15) is 41.6 Å². The zero-order valence-corrected chi connectivity index (χ0v) is 17.6. The van der Waals surface area contributed by atoms with E-state index in [4.69, 9.17) is 4.74 Å². The van der Waals surface area contributed by atoms with E-state index in [-0.39, 0.29) is 35.8 Å². The van der Waals surface area contributed by atoms with Crippen LogP contribution in [-0.2, 0) is 11.3 Å². The van der Waals surface area contributed by atoms with Crippen LogP contribution < -0.4 is 15.4 Å². The van der Waals surface area contributed by atoms with E-state index in [1.54, 1.807) is 12.0 Å². The predicted octanol–water partition coefficient (Wildman–Crippen LogP) is 3.08. The first-order chi connectivity index (χ1) is 15.0. The normalized spacial score (nSPS) is 22.9. The van der Waals surface area contributed by atoms with E-state index < -0.39 is 0 Å². The number of carbonyl (C=O) groups is 2. The average Bonchev–Trinajstić information content (AvgIpc) is 2.79. The molecular weight excluding hydrogens is 397 g/mol. The van der Waals surface area contributed by atoms with Gasteiger partial charge in [0.1, 0.15) is 11.6 Å². The Hall–Kier alpha value is -2.93. The lowest BCUT2D eigenvalue weighted by Crippen LogP contribution is -2.65. The Labute approximate surface area is 181 Å². The lowest BCUT2D eigenvalue weighted by molar-refractivity contribution is -0.131. The van der Waals surface area contributed by atoms with Crippen molar-refractivity contribution < 1.29 is 18.7 Å². The third-order valence-electron chi connectivity index (χ3n) is 6.15. The van der Waals surface area contributed by atoms with Gasteiger partial charge in [-0.15, -0.1) is 0 Å². The fourth-order valence-corrected chi connectivity index (χ4v) is 4.49. The minimum atomic E-state index is -0.386. The van der Waals surface area contributed by atoms with Gasteiger partial charge in [0.2, 0.25) is 5.91 Å². The Morgan fingerprint density at radius 2 is 1.81 bits per heavy atom. The van der Waals surface area contributed by atoms with Gasteiger partial charge >= 0.3 is 0 Å². The minimum absolute atomic E-state index is 0.00726. The second kappa shape index (κ2) is 9.47. The van der Waals surface area contributed by atoms with E-state index in [1.165, 1.54) is 24.3 Å². The smallest absolute Gasteiger partial charge is 0.254 e. The zero-order valence-electron chi connectivity index (χ0n) is 17.6. The van der Waals surface area contributed by atoms with Crippen LogP contribution in [0.4, 0.5) is 4.39 Å². The Balaban J connectivity index is 1.53. The number of fused-ring (bicyclic) bond motifs is 1. The second-order valence-electron chi connectivity index (χ2n) is 8.27. The van der Waals surface area contributed by atoms with E-state index in [0.717, 1.165) is 37.0 Å². The molecule has 4 rings (SSSR count). The van der Waals surface area contributed by atoms with Crippen molar-refractivity contribution in [3.05, 3.63) is 65.5 Å². The summed E-state index contributed by atoms with van der Waals surface area (Å²) < 4.78 is 18.6. The monoisotopic (exact) mass is 425 g/mol. The Kier molecular flexibility index (Phi) is 6.51. The van der Waals surface area contributed by atoms with E-state index in [9.17, 15) is 14.0 Å². The Morgan fingerprint density at radius 3 is 2.52 bits per heavy atom. The fraction of sp³-hybridized carbons (Fsp3) is 0.417. The van der Waals surface area contributed by atoms with Crippen LogP contribution in [-0.4, -0.2) is 42.6 Å². The molecule has 0 spiro atoms. The first kappa shape index (κ1) is 21.3. The molecule has 3 unspecified atom stereocenters. The van der Waals surface area contributed by atoms with Gasteiger partial charge in [0.25, 0.3) is 5.91 Å². The molecule has 1 heterocycles. The summed E-state index contributed by atoms with van der Waals surface area (Å²) in [6, 6.07) is 13.2. The summed E-state index contributed by atoms with van der Waals surface area (Å²) in [6.07, 6.45) is 3.74. The van der Waals surface area contributed by atoms with E-state index in [1.807, 2.05) is 24.3 Å². The van der Waals surface area contributed by atoms with Gasteiger partial charge in [0.15, 0.2) is 0 Å². The number of hydrogen-bond acceptors (Lipinski definition) is 4.